The van der Waals surface area contributed by atoms with Crippen LogP contribution in [-0.4, -0.2) is 54.6 Å². The van der Waals surface area contributed by atoms with Crippen LogP contribution in [0.25, 0.3) is 11.2 Å². The monoisotopic (exact) mass is 548 g/mol. The first-order chi connectivity index (χ1) is 18.2. The minimum Gasteiger partial charge on any atom is -0.387 e. The summed E-state index contributed by atoms with van der Waals surface area (Å²) in [4.78, 5) is 12.9. The van der Waals surface area contributed by atoms with Crippen molar-refractivity contribution in [2.45, 2.75) is 43.8 Å². The molecule has 1 aliphatic rings. The first-order valence-electron chi connectivity index (χ1n) is 11.7. The number of aliphatic hydroxyl groups is 2. The Bertz CT molecular complexity index is 1400. The molecule has 4 N–H and O–H groups in total. The van der Waals surface area contributed by atoms with Crippen molar-refractivity contribution in [2.24, 2.45) is 0 Å². The molecular formula is C25H24ClF3N6O3. The van der Waals surface area contributed by atoms with Crippen molar-refractivity contribution in [1.82, 2.24) is 24.8 Å². The van der Waals surface area contributed by atoms with Crippen LogP contribution in [0.5, 0.6) is 0 Å². The van der Waals surface area contributed by atoms with E-state index in [2.05, 4.69) is 25.6 Å². The van der Waals surface area contributed by atoms with Crippen LogP contribution < -0.4 is 10.6 Å². The van der Waals surface area contributed by atoms with E-state index in [1.165, 1.54) is 29.4 Å². The smallest absolute Gasteiger partial charge is 0.387 e. The van der Waals surface area contributed by atoms with E-state index in [0.29, 0.717) is 34.1 Å². The first kappa shape index (κ1) is 26.3. The molecule has 0 saturated carbocycles. The molecule has 4 atom stereocenters. The van der Waals surface area contributed by atoms with Crippen LogP contribution in [0, 0.1) is 0 Å². The summed E-state index contributed by atoms with van der Waals surface area (Å²) in [5.41, 5.74) is 1.73. The van der Waals surface area contributed by atoms with Gasteiger partial charge in [-0.2, -0.15) is 13.2 Å². The van der Waals surface area contributed by atoms with E-state index in [4.69, 9.17) is 16.3 Å². The number of benzene rings is 2. The molecule has 13 heteroatoms. The molecular weight excluding hydrogens is 525 g/mol. The SMILES string of the molecule is O[C@@H]1[C@H](O)[C@@H](CNCc2ccc(C(F)(F)F)cc2)O[C@H]1n1cnc2c(NCc3cccc(Cl)c3)ncnc21. The molecule has 4 aromatic rings. The molecule has 0 aliphatic carbocycles. The number of rotatable bonds is 8. The zero-order valence-electron chi connectivity index (χ0n) is 19.8. The number of hydrogen-bond donors (Lipinski definition) is 4. The molecule has 0 amide bonds. The second-order valence-electron chi connectivity index (χ2n) is 8.90. The summed E-state index contributed by atoms with van der Waals surface area (Å²) in [6.07, 6.45) is -5.77. The Balaban J connectivity index is 1.23. The standard InChI is InChI=1S/C25H24ClF3N6O3/c26-17-3-1-2-15(8-17)10-31-22-19-23(33-12-32-22)35(13-34-19)24-21(37)20(36)18(38-24)11-30-9-14-4-6-16(7-5-14)25(27,28)29/h1-8,12-13,18,20-21,24,30,36-37H,9-11H2,(H,31,32,33)/t18-,20-,21-,24-/m1/s1. The number of imidazole rings is 1. The summed E-state index contributed by atoms with van der Waals surface area (Å²) >= 11 is 6.05. The summed E-state index contributed by atoms with van der Waals surface area (Å²) in [5.74, 6) is 0.483. The highest BCUT2D eigenvalue weighted by molar-refractivity contribution is 6.30. The van der Waals surface area contributed by atoms with E-state index in [-0.39, 0.29) is 13.1 Å². The van der Waals surface area contributed by atoms with E-state index in [0.717, 1.165) is 17.7 Å². The van der Waals surface area contributed by atoms with Crippen LogP contribution in [0.3, 0.4) is 0 Å². The molecule has 1 saturated heterocycles. The third kappa shape index (κ3) is 5.59. The highest BCUT2D eigenvalue weighted by Gasteiger charge is 2.44. The lowest BCUT2D eigenvalue weighted by Crippen LogP contribution is -2.37. The average molecular weight is 549 g/mol. The number of fused-ring (bicyclic) bond motifs is 1. The first-order valence-corrected chi connectivity index (χ1v) is 12.1. The largest absolute Gasteiger partial charge is 0.416 e. The van der Waals surface area contributed by atoms with Crippen molar-refractivity contribution in [1.29, 1.82) is 0 Å². The van der Waals surface area contributed by atoms with Gasteiger partial charge in [-0.1, -0.05) is 35.9 Å². The van der Waals surface area contributed by atoms with Gasteiger partial charge < -0.3 is 25.6 Å². The van der Waals surface area contributed by atoms with E-state index >= 15 is 0 Å². The van der Waals surface area contributed by atoms with Gasteiger partial charge in [0.25, 0.3) is 0 Å². The Morgan fingerprint density at radius 3 is 2.50 bits per heavy atom. The molecule has 5 rings (SSSR count). The lowest BCUT2D eigenvalue weighted by atomic mass is 10.1. The van der Waals surface area contributed by atoms with Crippen LogP contribution in [0.4, 0.5) is 19.0 Å². The second kappa shape index (κ2) is 10.8. The van der Waals surface area contributed by atoms with Crippen molar-refractivity contribution in [3.05, 3.63) is 82.9 Å². The number of halogens is 4. The molecule has 1 fully saturated rings. The maximum Gasteiger partial charge on any atom is 0.416 e. The quantitative estimate of drug-likeness (QED) is 0.264. The number of aromatic nitrogens is 4. The maximum absolute atomic E-state index is 12.7. The van der Waals surface area contributed by atoms with Crippen molar-refractivity contribution in [3.63, 3.8) is 0 Å². The Morgan fingerprint density at radius 1 is 0.974 bits per heavy atom. The summed E-state index contributed by atoms with van der Waals surface area (Å²) in [6, 6.07) is 12.2. The number of nitrogens with one attached hydrogen (secondary N) is 2. The average Bonchev–Trinajstić information content (AvgIpc) is 3.44. The predicted octanol–water partition coefficient (Wildman–Crippen LogP) is 3.52. The van der Waals surface area contributed by atoms with Crippen molar-refractivity contribution in [2.75, 3.05) is 11.9 Å². The van der Waals surface area contributed by atoms with Gasteiger partial charge in [0.15, 0.2) is 23.2 Å². The molecule has 200 valence electrons. The Morgan fingerprint density at radius 2 is 1.76 bits per heavy atom. The molecule has 38 heavy (non-hydrogen) atoms. The summed E-state index contributed by atoms with van der Waals surface area (Å²) in [6.45, 7) is 0.867. The van der Waals surface area contributed by atoms with Crippen molar-refractivity contribution in [3.8, 4) is 0 Å². The lowest BCUT2D eigenvalue weighted by Gasteiger charge is -2.17. The van der Waals surface area contributed by atoms with E-state index < -0.39 is 36.3 Å². The van der Waals surface area contributed by atoms with Crippen LogP contribution in [0.2, 0.25) is 5.02 Å². The summed E-state index contributed by atoms with van der Waals surface area (Å²) in [7, 11) is 0. The van der Waals surface area contributed by atoms with Crippen LogP contribution in [0.1, 0.15) is 22.9 Å². The van der Waals surface area contributed by atoms with Gasteiger partial charge in [-0.15, -0.1) is 0 Å². The normalized spacial score (nSPS) is 21.7. The molecule has 0 bridgehead atoms. The highest BCUT2D eigenvalue weighted by Crippen LogP contribution is 2.32. The van der Waals surface area contributed by atoms with Crippen molar-refractivity contribution >= 4 is 28.6 Å². The third-order valence-electron chi connectivity index (χ3n) is 6.28. The molecule has 9 nitrogen and oxygen atoms in total. The van der Waals surface area contributed by atoms with Crippen LogP contribution >= 0.6 is 11.6 Å². The molecule has 3 heterocycles. The van der Waals surface area contributed by atoms with Gasteiger partial charge in [-0.05, 0) is 35.4 Å². The van der Waals surface area contributed by atoms with E-state index in [1.54, 1.807) is 6.07 Å². The third-order valence-corrected chi connectivity index (χ3v) is 6.51. The number of ether oxygens (including phenoxy) is 1. The minimum absolute atomic E-state index is 0.157. The molecule has 0 unspecified atom stereocenters. The van der Waals surface area contributed by atoms with Gasteiger partial charge in [-0.25, -0.2) is 15.0 Å². The number of anilines is 1. The highest BCUT2D eigenvalue weighted by atomic mass is 35.5. The summed E-state index contributed by atoms with van der Waals surface area (Å²) < 4.78 is 45.7. The summed E-state index contributed by atoms with van der Waals surface area (Å²) in [5, 5.41) is 28.2. The Labute approximate surface area is 220 Å². The van der Waals surface area contributed by atoms with Gasteiger partial charge in [0.05, 0.1) is 11.9 Å². The van der Waals surface area contributed by atoms with Crippen LogP contribution in [0.15, 0.2) is 61.2 Å². The molecule has 2 aromatic carbocycles. The van der Waals surface area contributed by atoms with Gasteiger partial charge in [0.1, 0.15) is 24.6 Å². The van der Waals surface area contributed by atoms with Gasteiger partial charge >= 0.3 is 6.18 Å². The topological polar surface area (TPSA) is 117 Å². The van der Waals surface area contributed by atoms with Gasteiger partial charge in [0.2, 0.25) is 0 Å². The Kier molecular flexibility index (Phi) is 7.50. The fourth-order valence-electron chi connectivity index (χ4n) is 4.30. The van der Waals surface area contributed by atoms with Gasteiger partial charge in [0, 0.05) is 24.7 Å². The number of hydrogen-bond acceptors (Lipinski definition) is 8. The maximum atomic E-state index is 12.7. The Hall–Kier alpha value is -3.29. The van der Waals surface area contributed by atoms with E-state index in [9.17, 15) is 23.4 Å². The minimum atomic E-state index is -4.39. The zero-order valence-corrected chi connectivity index (χ0v) is 20.6. The molecule has 1 aliphatic heterocycles. The van der Waals surface area contributed by atoms with E-state index in [1.807, 2.05) is 18.2 Å². The number of alkyl halides is 3. The molecule has 2 aromatic heterocycles. The predicted molar refractivity (Wildman–Crippen MR) is 133 cm³/mol. The molecule has 0 radical (unpaired) electrons. The zero-order chi connectivity index (χ0) is 26.9. The number of aliphatic hydroxyl groups excluding tert-OH is 2. The molecule has 0 spiro atoms. The number of nitrogens with zero attached hydrogens (tertiary/aromatic N) is 4. The fraction of sp³-hybridized carbons (Fsp3) is 0.320. The second-order valence-corrected chi connectivity index (χ2v) is 9.34. The lowest BCUT2D eigenvalue weighted by molar-refractivity contribution is -0.137. The van der Waals surface area contributed by atoms with Gasteiger partial charge in [-0.3, -0.25) is 4.57 Å². The fourth-order valence-corrected chi connectivity index (χ4v) is 4.51. The van der Waals surface area contributed by atoms with Crippen LogP contribution in [-0.2, 0) is 24.0 Å². The van der Waals surface area contributed by atoms with Crippen molar-refractivity contribution < 1.29 is 28.1 Å².